The summed E-state index contributed by atoms with van der Waals surface area (Å²) < 4.78 is 2.52. The molecule has 2 aliphatic rings. The number of nitrogens with zero attached hydrogens (tertiary/aromatic N) is 2. The smallest absolute Gasteiger partial charge is 0.141 e. The van der Waals surface area contributed by atoms with Gasteiger partial charge in [0.05, 0.1) is 11.0 Å². The Morgan fingerprint density at radius 2 is 1.67 bits per heavy atom. The summed E-state index contributed by atoms with van der Waals surface area (Å²) >= 11 is 0. The summed E-state index contributed by atoms with van der Waals surface area (Å²) in [5.74, 6) is 2.21. The molecule has 42 heavy (non-hydrogen) atoms. The SMILES string of the molecule is CC(C)c1ccc2c(c1)CC[C@H]1[C@@](C)(Cn3c(-c4cccc(N)c4)nc4cc(-c5ccccc5)ccc43)CCC[C@]21C. The molecule has 0 amide bonds. The number of aryl methyl sites for hydroxylation is 1. The molecule has 0 bridgehead atoms. The number of imidazole rings is 1. The molecule has 5 aromatic rings. The number of anilines is 1. The molecule has 3 atom stereocenters. The largest absolute Gasteiger partial charge is 0.399 e. The lowest BCUT2D eigenvalue weighted by Crippen LogP contribution is -2.50. The van der Waals surface area contributed by atoms with Gasteiger partial charge in [0, 0.05) is 17.8 Å². The second-order valence-electron chi connectivity index (χ2n) is 13.8. The first-order valence-electron chi connectivity index (χ1n) is 15.8. The maximum atomic E-state index is 6.29. The van der Waals surface area contributed by atoms with E-state index >= 15 is 0 Å². The van der Waals surface area contributed by atoms with Gasteiger partial charge in [0.2, 0.25) is 0 Å². The van der Waals surface area contributed by atoms with Gasteiger partial charge in [-0.2, -0.15) is 0 Å². The molecule has 1 heterocycles. The molecule has 3 heteroatoms. The van der Waals surface area contributed by atoms with Gasteiger partial charge in [-0.15, -0.1) is 0 Å². The number of aromatic nitrogens is 2. The van der Waals surface area contributed by atoms with Gasteiger partial charge in [0.15, 0.2) is 0 Å². The number of nitrogen functional groups attached to an aromatic ring is 1. The van der Waals surface area contributed by atoms with Crippen molar-refractivity contribution in [1.29, 1.82) is 0 Å². The van der Waals surface area contributed by atoms with E-state index in [1.165, 1.54) is 54.3 Å². The standard InChI is InChI=1S/C39H43N3/c1-26(2)28-14-17-33-30(22-28)16-19-36-38(3,20-9-21-39(33,36)4)25-42-35-18-15-29(27-10-6-5-7-11-27)24-34(35)41-37(42)31-12-8-13-32(40)23-31/h5-8,10-15,17-18,22-24,26,36H,9,16,19-21,25,40H2,1-4H3/t36-,38+,39+/m0/s1. The van der Waals surface area contributed by atoms with Crippen LogP contribution in [-0.2, 0) is 18.4 Å². The zero-order chi connectivity index (χ0) is 29.1. The van der Waals surface area contributed by atoms with Gasteiger partial charge in [0.1, 0.15) is 5.82 Å². The highest BCUT2D eigenvalue weighted by Gasteiger charge is 2.52. The highest BCUT2D eigenvalue weighted by molar-refractivity contribution is 5.86. The second kappa shape index (κ2) is 10.2. The number of nitrogens with two attached hydrogens (primary N) is 1. The number of rotatable bonds is 5. The quantitative estimate of drug-likeness (QED) is 0.220. The van der Waals surface area contributed by atoms with E-state index in [9.17, 15) is 0 Å². The van der Waals surface area contributed by atoms with E-state index in [4.69, 9.17) is 10.7 Å². The van der Waals surface area contributed by atoms with Crippen molar-refractivity contribution in [1.82, 2.24) is 9.55 Å². The van der Waals surface area contributed by atoms with Crippen molar-refractivity contribution in [3.8, 4) is 22.5 Å². The fourth-order valence-corrected chi connectivity index (χ4v) is 8.55. The third-order valence-electron chi connectivity index (χ3n) is 10.7. The van der Waals surface area contributed by atoms with Gasteiger partial charge in [0.25, 0.3) is 0 Å². The maximum Gasteiger partial charge on any atom is 0.141 e. The normalized spacial score (nSPS) is 23.6. The lowest BCUT2D eigenvalue weighted by molar-refractivity contribution is 0.0130. The van der Waals surface area contributed by atoms with Crippen LogP contribution in [0.15, 0.2) is 91.0 Å². The van der Waals surface area contributed by atoms with E-state index in [1.54, 1.807) is 11.1 Å². The Kier molecular flexibility index (Phi) is 6.53. The fraction of sp³-hybridized carbons (Fsp3) is 0.359. The van der Waals surface area contributed by atoms with Gasteiger partial charge in [-0.05, 0) is 100 Å². The van der Waals surface area contributed by atoms with Gasteiger partial charge in [-0.3, -0.25) is 0 Å². The van der Waals surface area contributed by atoms with E-state index in [0.717, 1.165) is 29.1 Å². The summed E-state index contributed by atoms with van der Waals surface area (Å²) in [6.07, 6.45) is 6.20. The van der Waals surface area contributed by atoms with Crippen LogP contribution in [0, 0.1) is 11.3 Å². The van der Waals surface area contributed by atoms with Crippen LogP contribution in [0.3, 0.4) is 0 Å². The van der Waals surface area contributed by atoms with E-state index in [-0.39, 0.29) is 10.8 Å². The van der Waals surface area contributed by atoms with Crippen LogP contribution >= 0.6 is 0 Å². The third kappa shape index (κ3) is 4.45. The predicted octanol–water partition coefficient (Wildman–Crippen LogP) is 9.79. The molecule has 4 aromatic carbocycles. The summed E-state index contributed by atoms with van der Waals surface area (Å²) in [7, 11) is 0. The Balaban J connectivity index is 1.33. The minimum Gasteiger partial charge on any atom is -0.399 e. The van der Waals surface area contributed by atoms with E-state index in [2.05, 4.69) is 111 Å². The predicted molar refractivity (Wildman–Crippen MR) is 177 cm³/mol. The first-order chi connectivity index (χ1) is 20.2. The molecule has 0 spiro atoms. The average Bonchev–Trinajstić information content (AvgIpc) is 3.34. The highest BCUT2D eigenvalue weighted by Crippen LogP contribution is 2.58. The van der Waals surface area contributed by atoms with Crippen LogP contribution in [0.2, 0.25) is 0 Å². The number of hydrogen-bond donors (Lipinski definition) is 1. The van der Waals surface area contributed by atoms with E-state index in [0.29, 0.717) is 11.8 Å². The Morgan fingerprint density at radius 1 is 0.857 bits per heavy atom. The summed E-state index contributed by atoms with van der Waals surface area (Å²) in [4.78, 5) is 5.30. The molecule has 2 N–H and O–H groups in total. The second-order valence-corrected chi connectivity index (χ2v) is 13.8. The minimum atomic E-state index is 0.155. The Hall–Kier alpha value is -3.85. The lowest BCUT2D eigenvalue weighted by Gasteiger charge is -2.56. The van der Waals surface area contributed by atoms with Crippen LogP contribution in [0.5, 0.6) is 0 Å². The molecule has 3 nitrogen and oxygen atoms in total. The van der Waals surface area contributed by atoms with Gasteiger partial charge in [-0.25, -0.2) is 4.98 Å². The summed E-state index contributed by atoms with van der Waals surface area (Å²) in [5.41, 5.74) is 17.9. The molecule has 7 rings (SSSR count). The molecule has 214 valence electrons. The molecule has 1 saturated carbocycles. The number of benzene rings is 4. The highest BCUT2D eigenvalue weighted by atomic mass is 15.1. The molecule has 0 radical (unpaired) electrons. The van der Waals surface area contributed by atoms with Crippen molar-refractivity contribution in [2.75, 3.05) is 5.73 Å². The molecular formula is C39H43N3. The van der Waals surface area contributed by atoms with Crippen LogP contribution in [-0.4, -0.2) is 9.55 Å². The minimum absolute atomic E-state index is 0.155. The van der Waals surface area contributed by atoms with Crippen molar-refractivity contribution in [2.24, 2.45) is 11.3 Å². The molecule has 0 aliphatic heterocycles. The van der Waals surface area contributed by atoms with Crippen molar-refractivity contribution >= 4 is 16.7 Å². The third-order valence-corrected chi connectivity index (χ3v) is 10.7. The molecule has 0 unspecified atom stereocenters. The lowest BCUT2D eigenvalue weighted by atomic mass is 9.49. The van der Waals surface area contributed by atoms with Crippen molar-refractivity contribution in [3.05, 3.63) is 108 Å². The first-order valence-corrected chi connectivity index (χ1v) is 15.8. The van der Waals surface area contributed by atoms with Crippen LogP contribution in [0.4, 0.5) is 5.69 Å². The van der Waals surface area contributed by atoms with Gasteiger partial charge < -0.3 is 10.3 Å². The van der Waals surface area contributed by atoms with Crippen LogP contribution in [0.25, 0.3) is 33.5 Å². The van der Waals surface area contributed by atoms with Crippen molar-refractivity contribution in [2.45, 2.75) is 77.7 Å². The Labute approximate surface area is 250 Å². The van der Waals surface area contributed by atoms with Crippen molar-refractivity contribution < 1.29 is 0 Å². The van der Waals surface area contributed by atoms with Gasteiger partial charge >= 0.3 is 0 Å². The molecule has 2 aliphatic carbocycles. The molecule has 1 aromatic heterocycles. The van der Waals surface area contributed by atoms with Gasteiger partial charge in [-0.1, -0.05) is 101 Å². The average molecular weight is 554 g/mol. The molecule has 0 saturated heterocycles. The van der Waals surface area contributed by atoms with Crippen LogP contribution < -0.4 is 5.73 Å². The molecular weight excluding hydrogens is 510 g/mol. The number of fused-ring (bicyclic) bond motifs is 4. The Bertz CT molecular complexity index is 1760. The summed E-state index contributed by atoms with van der Waals surface area (Å²) in [6, 6.07) is 33.1. The Morgan fingerprint density at radius 3 is 2.45 bits per heavy atom. The maximum absolute atomic E-state index is 6.29. The number of hydrogen-bond acceptors (Lipinski definition) is 2. The van der Waals surface area contributed by atoms with Crippen LogP contribution in [0.1, 0.15) is 76.0 Å². The zero-order valence-corrected chi connectivity index (χ0v) is 25.5. The first kappa shape index (κ1) is 27.0. The van der Waals surface area contributed by atoms with Crippen molar-refractivity contribution in [3.63, 3.8) is 0 Å². The molecule has 1 fully saturated rings. The topological polar surface area (TPSA) is 43.8 Å². The van der Waals surface area contributed by atoms with E-state index in [1.807, 2.05) is 12.1 Å². The monoisotopic (exact) mass is 553 g/mol. The zero-order valence-electron chi connectivity index (χ0n) is 25.5. The summed E-state index contributed by atoms with van der Waals surface area (Å²) in [5, 5.41) is 0. The van der Waals surface area contributed by atoms with E-state index < -0.39 is 0 Å². The summed E-state index contributed by atoms with van der Waals surface area (Å²) in [6.45, 7) is 10.7. The fourth-order valence-electron chi connectivity index (χ4n) is 8.55.